The van der Waals surface area contributed by atoms with Crippen LogP contribution in [0.15, 0.2) is 24.3 Å². The van der Waals surface area contributed by atoms with Gasteiger partial charge in [0.15, 0.2) is 0 Å². The van der Waals surface area contributed by atoms with Gasteiger partial charge in [-0.3, -0.25) is 14.4 Å². The summed E-state index contributed by atoms with van der Waals surface area (Å²) in [5.74, 6) is -2.75. The molecule has 0 saturated carbocycles. The fraction of sp³-hybridized carbons (Fsp3) is 0.621. The summed E-state index contributed by atoms with van der Waals surface area (Å²) >= 11 is 0. The maximum atomic E-state index is 13.4. The number of hydrogen-bond donors (Lipinski definition) is 7. The number of carbonyl (C=O) groups is 5. The Morgan fingerprint density at radius 3 is 1.86 bits per heavy atom. The van der Waals surface area contributed by atoms with Crippen LogP contribution in [-0.4, -0.2) is 83.3 Å². The number of amides is 5. The van der Waals surface area contributed by atoms with Crippen LogP contribution in [0, 0.1) is 0 Å². The normalized spacial score (nSPS) is 14.4. The van der Waals surface area contributed by atoms with Crippen LogP contribution in [-0.2, 0) is 30.3 Å². The number of nitrogens with two attached hydrogens (primary N) is 2. The molecule has 0 unspecified atom stereocenters. The van der Waals surface area contributed by atoms with E-state index in [-0.39, 0.29) is 32.4 Å². The highest BCUT2D eigenvalue weighted by atomic mass is 16.5. The van der Waals surface area contributed by atoms with Crippen molar-refractivity contribution in [1.82, 2.24) is 21.3 Å². The number of primary amides is 1. The van der Waals surface area contributed by atoms with Crippen molar-refractivity contribution in [1.29, 1.82) is 0 Å². The topological polar surface area (TPSA) is 224 Å². The second-order valence-electron chi connectivity index (χ2n) is 12.2. The molecule has 1 aromatic rings. The van der Waals surface area contributed by atoms with Crippen molar-refractivity contribution in [2.24, 2.45) is 11.5 Å². The molecule has 0 radical (unpaired) electrons. The Bertz CT molecular complexity index is 1100. The van der Waals surface area contributed by atoms with Crippen LogP contribution in [0.5, 0.6) is 5.75 Å². The minimum Gasteiger partial charge on any atom is -0.488 e. The van der Waals surface area contributed by atoms with Crippen LogP contribution in [0.1, 0.15) is 66.9 Å². The Labute approximate surface area is 253 Å². The highest BCUT2D eigenvalue weighted by Crippen LogP contribution is 2.19. The molecule has 0 aliphatic rings. The third-order valence-corrected chi connectivity index (χ3v) is 5.73. The second kappa shape index (κ2) is 16.7. The maximum absolute atomic E-state index is 13.4. The summed E-state index contributed by atoms with van der Waals surface area (Å²) in [5, 5.41) is 19.7. The van der Waals surface area contributed by atoms with Gasteiger partial charge >= 0.3 is 12.0 Å². The zero-order chi connectivity index (χ0) is 33.0. The monoisotopic (exact) mass is 608 g/mol. The number of benzene rings is 1. The Morgan fingerprint density at radius 1 is 0.837 bits per heavy atom. The van der Waals surface area contributed by atoms with Crippen molar-refractivity contribution >= 4 is 29.7 Å². The highest BCUT2D eigenvalue weighted by molar-refractivity contribution is 5.94. The summed E-state index contributed by atoms with van der Waals surface area (Å²) < 4.78 is 11.6. The summed E-state index contributed by atoms with van der Waals surface area (Å²) in [4.78, 5) is 62.0. The first-order chi connectivity index (χ1) is 19.8. The summed E-state index contributed by atoms with van der Waals surface area (Å²) in [6.07, 6.45) is 0.215. The lowest BCUT2D eigenvalue weighted by molar-refractivity contribution is -0.142. The van der Waals surface area contributed by atoms with E-state index in [0.29, 0.717) is 11.3 Å². The summed E-state index contributed by atoms with van der Waals surface area (Å²) in [6, 6.07) is 1.55. The maximum Gasteiger partial charge on any atom is 0.326 e. The summed E-state index contributed by atoms with van der Waals surface area (Å²) in [5.41, 5.74) is 10.3. The number of carbonyl (C=O) groups excluding carboxylic acids is 4. The first-order valence-electron chi connectivity index (χ1n) is 14.1. The molecule has 0 spiro atoms. The third-order valence-electron chi connectivity index (χ3n) is 5.73. The molecule has 9 N–H and O–H groups in total. The van der Waals surface area contributed by atoms with Crippen molar-refractivity contribution in [2.45, 2.75) is 103 Å². The van der Waals surface area contributed by atoms with E-state index in [4.69, 9.17) is 20.9 Å². The molecule has 14 heteroatoms. The van der Waals surface area contributed by atoms with E-state index < -0.39 is 65.1 Å². The summed E-state index contributed by atoms with van der Waals surface area (Å²) in [6.45, 7) is 12.4. The van der Waals surface area contributed by atoms with Gasteiger partial charge in [-0.2, -0.15) is 0 Å². The van der Waals surface area contributed by atoms with E-state index in [2.05, 4.69) is 21.3 Å². The van der Waals surface area contributed by atoms with Gasteiger partial charge in [-0.1, -0.05) is 12.1 Å². The molecule has 0 aliphatic heterocycles. The van der Waals surface area contributed by atoms with Crippen LogP contribution < -0.4 is 37.5 Å². The Kier molecular flexibility index (Phi) is 14.4. The molecule has 0 saturated heterocycles. The quantitative estimate of drug-likeness (QED) is 0.130. The molecule has 0 bridgehead atoms. The molecule has 1 aromatic carbocycles. The number of ether oxygens (including phenoxy) is 2. The van der Waals surface area contributed by atoms with E-state index in [0.717, 1.165) is 0 Å². The third kappa shape index (κ3) is 15.8. The van der Waals surface area contributed by atoms with E-state index in [1.165, 1.54) is 6.92 Å². The molecule has 4 atom stereocenters. The Balaban J connectivity index is 3.23. The van der Waals surface area contributed by atoms with E-state index >= 15 is 0 Å². The number of hydrogen-bond acceptors (Lipinski definition) is 8. The zero-order valence-electron chi connectivity index (χ0n) is 26.1. The van der Waals surface area contributed by atoms with Gasteiger partial charge in [0.25, 0.3) is 0 Å². The summed E-state index contributed by atoms with van der Waals surface area (Å²) in [7, 11) is 0. The van der Waals surface area contributed by atoms with Gasteiger partial charge in [-0.15, -0.1) is 0 Å². The lowest BCUT2D eigenvalue weighted by Crippen LogP contribution is -2.58. The largest absolute Gasteiger partial charge is 0.488 e. The van der Waals surface area contributed by atoms with Gasteiger partial charge < -0.3 is 47.3 Å². The predicted octanol–water partition coefficient (Wildman–Crippen LogP) is 0.556. The van der Waals surface area contributed by atoms with Crippen molar-refractivity contribution in [3.8, 4) is 5.75 Å². The smallest absolute Gasteiger partial charge is 0.326 e. The second-order valence-corrected chi connectivity index (χ2v) is 12.2. The number of nitrogens with one attached hydrogen (secondary N) is 4. The standard InChI is InChI=1S/C29H48N6O8/c1-17(30)23(36)35-22(16-42-28(2,3)4)25(38)34-21(15-18-10-12-19(13-11-18)43-29(5,6)7)24(37)33-20(26(39)40)9-8-14-32-27(31)41/h10-13,17,20-22H,8-9,14-16,30H2,1-7H3,(H,33,37)(H,34,38)(H,35,36)(H,39,40)(H3,31,32,41)/t17-,20-,21+,22+/m1/s1. The van der Waals surface area contributed by atoms with Gasteiger partial charge in [0.05, 0.1) is 18.2 Å². The molecule has 0 fully saturated rings. The van der Waals surface area contributed by atoms with Gasteiger partial charge in [0.2, 0.25) is 17.7 Å². The number of carboxylic acids is 1. The minimum absolute atomic E-state index is 0.00295. The first kappa shape index (κ1) is 37.1. The SMILES string of the molecule is C[C@@H](N)C(=O)N[C@@H](COC(C)(C)C)C(=O)N[C@@H](Cc1ccc(OC(C)(C)C)cc1)C(=O)N[C@H](CCCNC(N)=O)C(=O)O. The van der Waals surface area contributed by atoms with Gasteiger partial charge in [-0.25, -0.2) is 9.59 Å². The zero-order valence-corrected chi connectivity index (χ0v) is 26.1. The number of carboxylic acid groups (broad SMARTS) is 1. The van der Waals surface area contributed by atoms with Crippen molar-refractivity contribution < 1.29 is 38.6 Å². The Hall–Kier alpha value is -3.91. The highest BCUT2D eigenvalue weighted by Gasteiger charge is 2.31. The van der Waals surface area contributed by atoms with Gasteiger partial charge in [-0.05, 0) is 79.0 Å². The number of urea groups is 1. The number of aliphatic carboxylic acids is 1. The molecule has 0 heterocycles. The molecule has 0 aromatic heterocycles. The van der Waals surface area contributed by atoms with E-state index in [1.807, 2.05) is 20.8 Å². The van der Waals surface area contributed by atoms with Crippen LogP contribution >= 0.6 is 0 Å². The Morgan fingerprint density at radius 2 is 1.37 bits per heavy atom. The average Bonchev–Trinajstić information content (AvgIpc) is 2.86. The van der Waals surface area contributed by atoms with Gasteiger partial charge in [0.1, 0.15) is 29.5 Å². The van der Waals surface area contributed by atoms with Crippen LogP contribution in [0.3, 0.4) is 0 Å². The van der Waals surface area contributed by atoms with Crippen molar-refractivity contribution in [2.75, 3.05) is 13.2 Å². The molecule has 1 rings (SSSR count). The minimum atomic E-state index is -1.30. The van der Waals surface area contributed by atoms with E-state index in [1.54, 1.807) is 45.0 Å². The number of rotatable bonds is 16. The van der Waals surface area contributed by atoms with Crippen molar-refractivity contribution in [3.63, 3.8) is 0 Å². The van der Waals surface area contributed by atoms with Crippen LogP contribution in [0.2, 0.25) is 0 Å². The lowest BCUT2D eigenvalue weighted by atomic mass is 10.0. The lowest BCUT2D eigenvalue weighted by Gasteiger charge is -2.27. The van der Waals surface area contributed by atoms with Crippen LogP contribution in [0.25, 0.3) is 0 Å². The van der Waals surface area contributed by atoms with Gasteiger partial charge in [0, 0.05) is 13.0 Å². The molecule has 242 valence electrons. The van der Waals surface area contributed by atoms with E-state index in [9.17, 15) is 29.1 Å². The molecule has 0 aliphatic carbocycles. The predicted molar refractivity (Wildman–Crippen MR) is 160 cm³/mol. The molecule has 14 nitrogen and oxygen atoms in total. The van der Waals surface area contributed by atoms with Crippen molar-refractivity contribution in [3.05, 3.63) is 29.8 Å². The van der Waals surface area contributed by atoms with Crippen LogP contribution in [0.4, 0.5) is 4.79 Å². The molecule has 43 heavy (non-hydrogen) atoms. The molecule has 5 amide bonds. The average molecular weight is 609 g/mol. The molecular weight excluding hydrogens is 560 g/mol. The fourth-order valence-electron chi connectivity index (χ4n) is 3.63. The first-order valence-corrected chi connectivity index (χ1v) is 14.1. The molecular formula is C29H48N6O8. The fourth-order valence-corrected chi connectivity index (χ4v) is 3.63.